The fraction of sp³-hybridized carbons (Fsp3) is 0.190. The van der Waals surface area contributed by atoms with E-state index in [1.54, 1.807) is 19.4 Å². The first-order chi connectivity index (χ1) is 13.2. The van der Waals surface area contributed by atoms with Crippen LogP contribution < -0.4 is 14.8 Å². The predicted octanol–water partition coefficient (Wildman–Crippen LogP) is 5.27. The summed E-state index contributed by atoms with van der Waals surface area (Å²) in [5, 5.41) is 4.66. The van der Waals surface area contributed by atoms with Gasteiger partial charge in [0.2, 0.25) is 0 Å². The first-order valence-corrected chi connectivity index (χ1v) is 9.24. The van der Waals surface area contributed by atoms with Crippen molar-refractivity contribution in [2.75, 3.05) is 7.11 Å². The van der Waals surface area contributed by atoms with E-state index in [4.69, 9.17) is 32.7 Å². The summed E-state index contributed by atoms with van der Waals surface area (Å²) in [6.07, 6.45) is 3.59. The molecule has 1 heterocycles. The predicted molar refractivity (Wildman–Crippen MR) is 109 cm³/mol. The standard InChI is InChI=1S/C21H20Cl2N2O2/c1-26-20-9-17(13-25-12-16-5-3-7-24-11-16)19(23)10-21(20)27-14-15-4-2-6-18(22)8-15/h2-11,25H,12-14H2,1H3. The van der Waals surface area contributed by atoms with Crippen molar-refractivity contribution in [2.24, 2.45) is 0 Å². The van der Waals surface area contributed by atoms with Gasteiger partial charge in [0.25, 0.3) is 0 Å². The largest absolute Gasteiger partial charge is 0.493 e. The summed E-state index contributed by atoms with van der Waals surface area (Å²) in [7, 11) is 1.61. The molecule has 0 unspecified atom stereocenters. The summed E-state index contributed by atoms with van der Waals surface area (Å²) in [6.45, 7) is 1.70. The lowest BCUT2D eigenvalue weighted by molar-refractivity contribution is 0.284. The van der Waals surface area contributed by atoms with Crippen molar-refractivity contribution >= 4 is 23.2 Å². The van der Waals surface area contributed by atoms with Crippen LogP contribution in [0.2, 0.25) is 10.0 Å². The molecule has 0 spiro atoms. The van der Waals surface area contributed by atoms with Crippen molar-refractivity contribution in [2.45, 2.75) is 19.7 Å². The smallest absolute Gasteiger partial charge is 0.163 e. The Kier molecular flexibility index (Phi) is 6.93. The molecule has 4 nitrogen and oxygen atoms in total. The maximum atomic E-state index is 6.44. The highest BCUT2D eigenvalue weighted by atomic mass is 35.5. The molecule has 3 aromatic rings. The average Bonchev–Trinajstić information content (AvgIpc) is 2.68. The summed E-state index contributed by atoms with van der Waals surface area (Å²) in [6, 6.07) is 15.2. The zero-order valence-electron chi connectivity index (χ0n) is 14.9. The van der Waals surface area contributed by atoms with Crippen LogP contribution in [0.15, 0.2) is 60.9 Å². The van der Waals surface area contributed by atoms with Crippen molar-refractivity contribution in [3.05, 3.63) is 87.7 Å². The maximum Gasteiger partial charge on any atom is 0.163 e. The lowest BCUT2D eigenvalue weighted by Gasteiger charge is -2.14. The minimum absolute atomic E-state index is 0.381. The molecule has 0 amide bonds. The molecule has 0 saturated heterocycles. The molecule has 27 heavy (non-hydrogen) atoms. The normalized spacial score (nSPS) is 10.6. The van der Waals surface area contributed by atoms with Gasteiger partial charge in [-0.25, -0.2) is 0 Å². The van der Waals surface area contributed by atoms with Gasteiger partial charge in [-0.05, 0) is 41.0 Å². The van der Waals surface area contributed by atoms with Crippen LogP contribution >= 0.6 is 23.2 Å². The Balaban J connectivity index is 1.65. The number of nitrogens with one attached hydrogen (secondary N) is 1. The Morgan fingerprint density at radius 3 is 2.56 bits per heavy atom. The van der Waals surface area contributed by atoms with Gasteiger partial charge in [0.15, 0.2) is 11.5 Å². The minimum atomic E-state index is 0.381. The molecule has 0 saturated carbocycles. The van der Waals surface area contributed by atoms with Crippen molar-refractivity contribution in [1.82, 2.24) is 10.3 Å². The molecule has 0 atom stereocenters. The van der Waals surface area contributed by atoms with Crippen molar-refractivity contribution in [1.29, 1.82) is 0 Å². The van der Waals surface area contributed by atoms with Crippen LogP contribution in [0, 0.1) is 0 Å². The van der Waals surface area contributed by atoms with Crippen molar-refractivity contribution in [3.63, 3.8) is 0 Å². The molecule has 0 aliphatic heterocycles. The molecule has 2 aromatic carbocycles. The average molecular weight is 403 g/mol. The fourth-order valence-corrected chi connectivity index (χ4v) is 3.05. The van der Waals surface area contributed by atoms with Crippen LogP contribution in [0.1, 0.15) is 16.7 Å². The highest BCUT2D eigenvalue weighted by molar-refractivity contribution is 6.31. The molecule has 0 bridgehead atoms. The highest BCUT2D eigenvalue weighted by Gasteiger charge is 2.11. The van der Waals surface area contributed by atoms with Crippen molar-refractivity contribution < 1.29 is 9.47 Å². The molecular formula is C21H20Cl2N2O2. The Labute approximate surface area is 169 Å². The van der Waals surface area contributed by atoms with Gasteiger partial charge in [-0.15, -0.1) is 0 Å². The van der Waals surface area contributed by atoms with E-state index < -0.39 is 0 Å². The van der Waals surface area contributed by atoms with Gasteiger partial charge in [-0.3, -0.25) is 4.98 Å². The van der Waals surface area contributed by atoms with E-state index in [2.05, 4.69) is 10.3 Å². The Hall–Kier alpha value is -2.27. The first kappa shape index (κ1) is 19.5. The number of hydrogen-bond donors (Lipinski definition) is 1. The lowest BCUT2D eigenvalue weighted by Crippen LogP contribution is -2.13. The molecule has 140 valence electrons. The number of ether oxygens (including phenoxy) is 2. The zero-order valence-corrected chi connectivity index (χ0v) is 16.4. The van der Waals surface area contributed by atoms with E-state index in [0.29, 0.717) is 41.2 Å². The van der Waals surface area contributed by atoms with Crippen LogP contribution in [0.4, 0.5) is 0 Å². The number of rotatable bonds is 8. The molecule has 0 fully saturated rings. The van der Waals surface area contributed by atoms with Gasteiger partial charge in [0, 0.05) is 41.6 Å². The second kappa shape index (κ2) is 9.60. The molecular weight excluding hydrogens is 383 g/mol. The minimum Gasteiger partial charge on any atom is -0.493 e. The van der Waals surface area contributed by atoms with Crippen LogP contribution in [0.25, 0.3) is 0 Å². The van der Waals surface area contributed by atoms with Gasteiger partial charge in [-0.1, -0.05) is 41.4 Å². The summed E-state index contributed by atoms with van der Waals surface area (Å²) in [4.78, 5) is 4.11. The number of benzene rings is 2. The van der Waals surface area contributed by atoms with E-state index in [0.717, 1.165) is 16.7 Å². The van der Waals surface area contributed by atoms with Gasteiger partial charge < -0.3 is 14.8 Å². The van der Waals surface area contributed by atoms with E-state index in [-0.39, 0.29) is 0 Å². The van der Waals surface area contributed by atoms with Crippen LogP contribution in [-0.2, 0) is 19.7 Å². The summed E-state index contributed by atoms with van der Waals surface area (Å²) in [5.41, 5.74) is 3.03. The van der Waals surface area contributed by atoms with Gasteiger partial charge in [0.1, 0.15) is 6.61 Å². The zero-order chi connectivity index (χ0) is 19.1. The Morgan fingerprint density at radius 2 is 1.81 bits per heavy atom. The number of methoxy groups -OCH3 is 1. The highest BCUT2D eigenvalue weighted by Crippen LogP contribution is 2.34. The molecule has 0 aliphatic rings. The SMILES string of the molecule is COc1cc(CNCc2cccnc2)c(Cl)cc1OCc1cccc(Cl)c1. The molecule has 3 rings (SSSR count). The Morgan fingerprint density at radius 1 is 0.963 bits per heavy atom. The van der Waals surface area contributed by atoms with Gasteiger partial charge in [-0.2, -0.15) is 0 Å². The third kappa shape index (κ3) is 5.60. The maximum absolute atomic E-state index is 6.44. The third-order valence-corrected chi connectivity index (χ3v) is 4.57. The molecule has 1 N–H and O–H groups in total. The first-order valence-electron chi connectivity index (χ1n) is 8.49. The van der Waals surface area contributed by atoms with E-state index >= 15 is 0 Å². The quantitative estimate of drug-likeness (QED) is 0.557. The van der Waals surface area contributed by atoms with E-state index in [1.807, 2.05) is 48.7 Å². The van der Waals surface area contributed by atoms with Crippen LogP contribution in [-0.4, -0.2) is 12.1 Å². The number of halogens is 2. The molecule has 1 aromatic heterocycles. The number of hydrogen-bond acceptors (Lipinski definition) is 4. The topological polar surface area (TPSA) is 43.4 Å². The number of nitrogens with zero attached hydrogens (tertiary/aromatic N) is 1. The van der Waals surface area contributed by atoms with E-state index in [9.17, 15) is 0 Å². The second-order valence-electron chi connectivity index (χ2n) is 5.98. The van der Waals surface area contributed by atoms with Gasteiger partial charge in [0.05, 0.1) is 7.11 Å². The third-order valence-electron chi connectivity index (χ3n) is 3.98. The number of pyridine rings is 1. The molecule has 6 heteroatoms. The van der Waals surface area contributed by atoms with Crippen LogP contribution in [0.5, 0.6) is 11.5 Å². The van der Waals surface area contributed by atoms with Gasteiger partial charge >= 0.3 is 0 Å². The summed E-state index contributed by atoms with van der Waals surface area (Å²) >= 11 is 12.4. The lowest BCUT2D eigenvalue weighted by atomic mass is 10.2. The second-order valence-corrected chi connectivity index (χ2v) is 6.82. The van der Waals surface area contributed by atoms with E-state index in [1.165, 1.54) is 0 Å². The Bertz CT molecular complexity index is 889. The molecule has 0 aliphatic carbocycles. The molecule has 0 radical (unpaired) electrons. The number of aromatic nitrogens is 1. The summed E-state index contributed by atoms with van der Waals surface area (Å²) < 4.78 is 11.4. The fourth-order valence-electron chi connectivity index (χ4n) is 2.62. The van der Waals surface area contributed by atoms with Crippen molar-refractivity contribution in [3.8, 4) is 11.5 Å². The van der Waals surface area contributed by atoms with Crippen LogP contribution in [0.3, 0.4) is 0 Å². The monoisotopic (exact) mass is 402 g/mol. The summed E-state index contributed by atoms with van der Waals surface area (Å²) in [5.74, 6) is 1.23.